The van der Waals surface area contributed by atoms with Crippen molar-refractivity contribution in [2.75, 3.05) is 0 Å². The molecule has 4 aliphatic rings. The van der Waals surface area contributed by atoms with E-state index in [1.165, 1.54) is 16.7 Å². The van der Waals surface area contributed by atoms with Gasteiger partial charge in [-0.05, 0) is 92.0 Å². The first kappa shape index (κ1) is 21.1. The number of aromatic amines is 1. The predicted octanol–water partition coefficient (Wildman–Crippen LogP) is 5.27. The van der Waals surface area contributed by atoms with Crippen LogP contribution in [0.5, 0.6) is 0 Å². The maximum atomic E-state index is 12.4. The highest BCUT2D eigenvalue weighted by molar-refractivity contribution is 5.87. The molecule has 2 aromatic rings. The molecule has 1 aromatic carbocycles. The largest absolute Gasteiger partial charge is 0.393 e. The van der Waals surface area contributed by atoms with Gasteiger partial charge >= 0.3 is 0 Å². The molecule has 4 heteroatoms. The van der Waals surface area contributed by atoms with Gasteiger partial charge in [-0.15, -0.1) is 0 Å². The summed E-state index contributed by atoms with van der Waals surface area (Å²) in [6, 6.07) is 8.13. The molecular formula is C29H33NO3. The number of hydrogen-bond donors (Lipinski definition) is 3. The van der Waals surface area contributed by atoms with Crippen LogP contribution in [0.3, 0.4) is 0 Å². The van der Waals surface area contributed by atoms with E-state index < -0.39 is 5.60 Å². The van der Waals surface area contributed by atoms with Crippen molar-refractivity contribution in [3.05, 3.63) is 75.3 Å². The van der Waals surface area contributed by atoms with Gasteiger partial charge in [-0.2, -0.15) is 0 Å². The van der Waals surface area contributed by atoms with E-state index >= 15 is 0 Å². The zero-order valence-corrected chi connectivity index (χ0v) is 19.5. The lowest BCUT2D eigenvalue weighted by atomic mass is 9.56. The van der Waals surface area contributed by atoms with Crippen LogP contribution in [0.2, 0.25) is 0 Å². The van der Waals surface area contributed by atoms with Gasteiger partial charge in [0.25, 0.3) is 5.56 Å². The number of aliphatic hydroxyl groups is 2. The van der Waals surface area contributed by atoms with Crippen molar-refractivity contribution in [3.8, 4) is 0 Å². The number of rotatable bonds is 1. The number of benzene rings is 1. The number of aromatic nitrogens is 1. The summed E-state index contributed by atoms with van der Waals surface area (Å²) in [5.41, 5.74) is 4.97. The van der Waals surface area contributed by atoms with E-state index in [0.717, 1.165) is 61.5 Å². The molecule has 4 aliphatic carbocycles. The molecule has 172 valence electrons. The number of allylic oxidation sites excluding steroid dienone is 3. The highest BCUT2D eigenvalue weighted by Crippen LogP contribution is 2.62. The first-order valence-electron chi connectivity index (χ1n) is 12.4. The van der Waals surface area contributed by atoms with E-state index in [2.05, 4.69) is 37.0 Å². The zero-order chi connectivity index (χ0) is 23.0. The average Bonchev–Trinajstić information content (AvgIpc) is 3.05. The smallest absolute Gasteiger partial charge is 0.255 e. The summed E-state index contributed by atoms with van der Waals surface area (Å²) in [5.74, 6) is 0.598. The summed E-state index contributed by atoms with van der Waals surface area (Å²) in [4.78, 5) is 15.2. The third-order valence-corrected chi connectivity index (χ3v) is 9.21. The fourth-order valence-corrected chi connectivity index (χ4v) is 7.62. The molecular weight excluding hydrogens is 410 g/mol. The van der Waals surface area contributed by atoms with Crippen LogP contribution in [0.1, 0.15) is 64.4 Å². The van der Waals surface area contributed by atoms with E-state index in [0.29, 0.717) is 11.3 Å². The Labute approximate surface area is 194 Å². The molecule has 4 nitrogen and oxygen atoms in total. The lowest BCUT2D eigenvalue weighted by Gasteiger charge is -2.50. The van der Waals surface area contributed by atoms with Crippen molar-refractivity contribution in [1.29, 1.82) is 0 Å². The van der Waals surface area contributed by atoms with E-state index in [1.54, 1.807) is 6.20 Å². The maximum absolute atomic E-state index is 12.4. The van der Waals surface area contributed by atoms with Crippen molar-refractivity contribution in [2.24, 2.45) is 17.3 Å². The van der Waals surface area contributed by atoms with Crippen molar-refractivity contribution in [2.45, 2.75) is 70.5 Å². The predicted molar refractivity (Wildman–Crippen MR) is 132 cm³/mol. The molecule has 0 amide bonds. The van der Waals surface area contributed by atoms with Crippen LogP contribution in [-0.4, -0.2) is 26.9 Å². The topological polar surface area (TPSA) is 73.3 Å². The minimum absolute atomic E-state index is 0.0597. The second-order valence-corrected chi connectivity index (χ2v) is 11.1. The molecule has 3 N–H and O–H groups in total. The van der Waals surface area contributed by atoms with Gasteiger partial charge in [0.1, 0.15) is 0 Å². The van der Waals surface area contributed by atoms with Crippen LogP contribution in [0.25, 0.3) is 16.3 Å². The van der Waals surface area contributed by atoms with Gasteiger partial charge in [0.05, 0.1) is 11.7 Å². The first-order valence-corrected chi connectivity index (χ1v) is 12.4. The molecule has 0 bridgehead atoms. The van der Waals surface area contributed by atoms with Gasteiger partial charge in [-0.1, -0.05) is 42.4 Å². The number of H-pyrrole nitrogens is 1. The summed E-state index contributed by atoms with van der Waals surface area (Å²) >= 11 is 0. The highest BCUT2D eigenvalue weighted by atomic mass is 16.3. The molecule has 1 fully saturated rings. The number of nitrogens with one attached hydrogen (secondary N) is 1. The SMILES string of the molecule is CC1=C2C=C3CC(O)CCC3CC[C@]2(O)C2CC=C(c3ccc4cc[nH]c(=O)c4c3)C2(C)C1. The van der Waals surface area contributed by atoms with Gasteiger partial charge in [-0.25, -0.2) is 0 Å². The molecule has 33 heavy (non-hydrogen) atoms. The van der Waals surface area contributed by atoms with Crippen LogP contribution in [0.15, 0.2) is 64.1 Å². The fourth-order valence-electron chi connectivity index (χ4n) is 7.62. The minimum Gasteiger partial charge on any atom is -0.393 e. The van der Waals surface area contributed by atoms with Crippen LogP contribution >= 0.6 is 0 Å². The Morgan fingerprint density at radius 2 is 2.00 bits per heavy atom. The second-order valence-electron chi connectivity index (χ2n) is 11.1. The molecule has 0 saturated heterocycles. The van der Waals surface area contributed by atoms with Gasteiger partial charge in [0, 0.05) is 22.9 Å². The number of fused-ring (bicyclic) bond motifs is 5. The summed E-state index contributed by atoms with van der Waals surface area (Å²) in [7, 11) is 0. The second kappa shape index (κ2) is 7.28. The van der Waals surface area contributed by atoms with E-state index in [1.807, 2.05) is 18.2 Å². The van der Waals surface area contributed by atoms with Crippen LogP contribution in [-0.2, 0) is 0 Å². The summed E-state index contributed by atoms with van der Waals surface area (Å²) < 4.78 is 0. The highest BCUT2D eigenvalue weighted by Gasteiger charge is 2.57. The van der Waals surface area contributed by atoms with Crippen molar-refractivity contribution >= 4 is 16.3 Å². The summed E-state index contributed by atoms with van der Waals surface area (Å²) in [6.45, 7) is 4.49. The van der Waals surface area contributed by atoms with Crippen LogP contribution in [0.4, 0.5) is 0 Å². The Kier molecular flexibility index (Phi) is 4.66. The van der Waals surface area contributed by atoms with E-state index in [4.69, 9.17) is 0 Å². The molecule has 1 heterocycles. The van der Waals surface area contributed by atoms with Crippen molar-refractivity contribution < 1.29 is 10.2 Å². The maximum Gasteiger partial charge on any atom is 0.255 e. The third kappa shape index (κ3) is 3.07. The lowest BCUT2D eigenvalue weighted by molar-refractivity contribution is -0.0354. The quantitative estimate of drug-likeness (QED) is 0.562. The Morgan fingerprint density at radius 3 is 2.85 bits per heavy atom. The molecule has 5 atom stereocenters. The Bertz CT molecular complexity index is 1300. The molecule has 1 saturated carbocycles. The molecule has 0 aliphatic heterocycles. The van der Waals surface area contributed by atoms with Crippen molar-refractivity contribution in [3.63, 3.8) is 0 Å². The van der Waals surface area contributed by atoms with Crippen LogP contribution < -0.4 is 5.56 Å². The van der Waals surface area contributed by atoms with Gasteiger partial charge < -0.3 is 15.2 Å². The Hall–Kier alpha value is -2.43. The number of aliphatic hydroxyl groups excluding tert-OH is 1. The summed E-state index contributed by atoms with van der Waals surface area (Å²) in [5, 5.41) is 24.2. The first-order chi connectivity index (χ1) is 15.8. The monoisotopic (exact) mass is 443 g/mol. The number of pyridine rings is 1. The Morgan fingerprint density at radius 1 is 1.15 bits per heavy atom. The molecule has 4 unspecified atom stereocenters. The average molecular weight is 444 g/mol. The lowest BCUT2D eigenvalue weighted by Crippen LogP contribution is -2.49. The van der Waals surface area contributed by atoms with Crippen LogP contribution in [0, 0.1) is 17.3 Å². The Balaban J connectivity index is 1.43. The molecule has 6 rings (SSSR count). The van der Waals surface area contributed by atoms with Gasteiger partial charge in [0.15, 0.2) is 0 Å². The van der Waals surface area contributed by atoms with Crippen molar-refractivity contribution in [1.82, 2.24) is 4.98 Å². The van der Waals surface area contributed by atoms with Gasteiger partial charge in [-0.3, -0.25) is 4.79 Å². The molecule has 0 spiro atoms. The van der Waals surface area contributed by atoms with E-state index in [-0.39, 0.29) is 23.0 Å². The fraction of sp³-hybridized carbons (Fsp3) is 0.483. The molecule has 1 aromatic heterocycles. The third-order valence-electron chi connectivity index (χ3n) is 9.21. The minimum atomic E-state index is -0.848. The summed E-state index contributed by atoms with van der Waals surface area (Å²) in [6.07, 6.45) is 12.2. The van der Waals surface area contributed by atoms with E-state index in [9.17, 15) is 15.0 Å². The number of hydrogen-bond acceptors (Lipinski definition) is 3. The normalized spacial score (nSPS) is 35.9. The van der Waals surface area contributed by atoms with Gasteiger partial charge in [0.2, 0.25) is 0 Å². The zero-order valence-electron chi connectivity index (χ0n) is 19.5. The molecule has 0 radical (unpaired) electrons. The standard InChI is InChI=1S/C29H33NO3/c1-17-16-28(2)24(20-4-3-19-10-12-30-27(32)23(19)14-20)7-8-26(28)29(33)11-9-18-5-6-22(31)13-21(18)15-25(17)29/h3-4,7,10,12,14-15,18,22,26,31,33H,5-6,8-9,11,13,16H2,1-2H3,(H,30,32)/t18?,22?,26?,28?,29-/m1/s1.